The molecule has 3 nitrogen and oxygen atoms in total. The van der Waals surface area contributed by atoms with Crippen LogP contribution in [-0.4, -0.2) is 18.7 Å². The van der Waals surface area contributed by atoms with Crippen molar-refractivity contribution in [3.8, 4) is 0 Å². The summed E-state index contributed by atoms with van der Waals surface area (Å²) in [5.74, 6) is -0.0394. The highest BCUT2D eigenvalue weighted by Gasteiger charge is 2.03. The van der Waals surface area contributed by atoms with Crippen LogP contribution in [0.5, 0.6) is 0 Å². The zero-order chi connectivity index (χ0) is 6.69. The predicted molar refractivity (Wildman–Crippen MR) is 35.2 cm³/mol. The van der Waals surface area contributed by atoms with Crippen molar-refractivity contribution in [3.05, 3.63) is 12.2 Å². The summed E-state index contributed by atoms with van der Waals surface area (Å²) in [6.07, 6.45) is 4.77. The molecule has 9 heavy (non-hydrogen) atoms. The topological polar surface area (TPSA) is 55.5 Å². The predicted octanol–water partition coefficient (Wildman–Crippen LogP) is -0.272. The highest BCUT2D eigenvalue weighted by Crippen LogP contribution is 1.98. The number of carbonyl (C=O) groups is 1. The van der Waals surface area contributed by atoms with Crippen molar-refractivity contribution in [2.24, 2.45) is 16.6 Å². The molecule has 1 amide bonds. The molecule has 0 aromatic heterocycles. The van der Waals surface area contributed by atoms with E-state index in [4.69, 9.17) is 5.73 Å². The molecule has 1 aliphatic heterocycles. The summed E-state index contributed by atoms with van der Waals surface area (Å²) in [6.45, 7) is 0.521. The van der Waals surface area contributed by atoms with E-state index in [1.165, 1.54) is 6.08 Å². The number of nitrogens with zero attached hydrogens (tertiary/aromatic N) is 1. The van der Waals surface area contributed by atoms with Crippen molar-refractivity contribution >= 4 is 12.1 Å². The molecule has 48 valence electrons. The standard InChI is InChI=1S/C6H8N2O/c7-3-5-1-2-6(9)8-4-5/h1-2,4-5H,3,7H2. The lowest BCUT2D eigenvalue weighted by Gasteiger charge is -2.03. The first kappa shape index (κ1) is 6.16. The number of aliphatic imine (C=N–C) groups is 1. The molecule has 0 bridgehead atoms. The molecule has 0 fully saturated rings. The smallest absolute Gasteiger partial charge is 0.269 e. The van der Waals surface area contributed by atoms with Crippen molar-refractivity contribution < 1.29 is 4.79 Å². The van der Waals surface area contributed by atoms with Gasteiger partial charge in [-0.1, -0.05) is 6.08 Å². The van der Waals surface area contributed by atoms with Crippen LogP contribution in [-0.2, 0) is 4.79 Å². The zero-order valence-electron chi connectivity index (χ0n) is 4.95. The Balaban J connectivity index is 2.58. The molecule has 0 saturated carbocycles. The lowest BCUT2D eigenvalue weighted by Crippen LogP contribution is -2.16. The van der Waals surface area contributed by atoms with E-state index in [0.717, 1.165) is 0 Å². The van der Waals surface area contributed by atoms with Crippen molar-refractivity contribution in [1.82, 2.24) is 0 Å². The fraction of sp³-hybridized carbons (Fsp3) is 0.333. The van der Waals surface area contributed by atoms with Crippen LogP contribution in [0.3, 0.4) is 0 Å². The molecule has 0 aliphatic carbocycles. The third kappa shape index (κ3) is 1.47. The van der Waals surface area contributed by atoms with Crippen LogP contribution in [0.1, 0.15) is 0 Å². The van der Waals surface area contributed by atoms with Crippen LogP contribution >= 0.6 is 0 Å². The number of amides is 1. The minimum absolute atomic E-state index is 0.155. The van der Waals surface area contributed by atoms with E-state index in [9.17, 15) is 4.79 Å². The van der Waals surface area contributed by atoms with Gasteiger partial charge >= 0.3 is 0 Å². The van der Waals surface area contributed by atoms with Gasteiger partial charge in [-0.15, -0.1) is 0 Å². The Kier molecular flexibility index (Phi) is 1.75. The summed E-state index contributed by atoms with van der Waals surface area (Å²) in [5.41, 5.74) is 5.29. The molecule has 1 rings (SSSR count). The van der Waals surface area contributed by atoms with Crippen molar-refractivity contribution in [2.75, 3.05) is 6.54 Å². The minimum atomic E-state index is -0.195. The summed E-state index contributed by atoms with van der Waals surface area (Å²) in [6, 6.07) is 0. The van der Waals surface area contributed by atoms with E-state index in [1.807, 2.05) is 0 Å². The molecule has 0 aromatic carbocycles. The first-order chi connectivity index (χ1) is 4.33. The quantitative estimate of drug-likeness (QED) is 0.523. The van der Waals surface area contributed by atoms with Crippen LogP contribution < -0.4 is 5.73 Å². The Morgan fingerprint density at radius 1 is 1.78 bits per heavy atom. The number of hydrogen-bond donors (Lipinski definition) is 1. The maximum absolute atomic E-state index is 10.4. The second-order valence-corrected chi connectivity index (χ2v) is 1.88. The van der Waals surface area contributed by atoms with Gasteiger partial charge in [0.05, 0.1) is 0 Å². The molecule has 1 atom stereocenters. The van der Waals surface area contributed by atoms with E-state index in [2.05, 4.69) is 4.99 Å². The van der Waals surface area contributed by atoms with Crippen molar-refractivity contribution in [2.45, 2.75) is 0 Å². The Bertz CT molecular complexity index is 156. The molecule has 1 heterocycles. The summed E-state index contributed by atoms with van der Waals surface area (Å²) in [5, 5.41) is 0. The van der Waals surface area contributed by atoms with Gasteiger partial charge in [-0.05, 0) is 0 Å². The van der Waals surface area contributed by atoms with E-state index in [-0.39, 0.29) is 11.8 Å². The van der Waals surface area contributed by atoms with Crippen molar-refractivity contribution in [3.63, 3.8) is 0 Å². The molecular weight excluding hydrogens is 116 g/mol. The second-order valence-electron chi connectivity index (χ2n) is 1.88. The van der Waals surface area contributed by atoms with Gasteiger partial charge in [0.15, 0.2) is 0 Å². The van der Waals surface area contributed by atoms with E-state index < -0.39 is 0 Å². The number of carbonyl (C=O) groups excluding carboxylic acids is 1. The van der Waals surface area contributed by atoms with Gasteiger partial charge in [0.25, 0.3) is 5.91 Å². The average Bonchev–Trinajstić information content (AvgIpc) is 1.90. The lowest BCUT2D eigenvalue weighted by molar-refractivity contribution is -0.113. The van der Waals surface area contributed by atoms with Crippen LogP contribution in [0.4, 0.5) is 0 Å². The number of hydrogen-bond acceptors (Lipinski definition) is 2. The lowest BCUT2D eigenvalue weighted by atomic mass is 10.1. The van der Waals surface area contributed by atoms with Crippen LogP contribution in [0.15, 0.2) is 17.1 Å². The largest absolute Gasteiger partial charge is 0.330 e. The first-order valence-corrected chi connectivity index (χ1v) is 2.79. The summed E-state index contributed by atoms with van der Waals surface area (Å²) < 4.78 is 0. The monoisotopic (exact) mass is 124 g/mol. The molecular formula is C6H8N2O. The summed E-state index contributed by atoms with van der Waals surface area (Å²) >= 11 is 0. The molecule has 1 aliphatic rings. The highest BCUT2D eigenvalue weighted by atomic mass is 16.1. The molecule has 3 heteroatoms. The molecule has 2 N–H and O–H groups in total. The Morgan fingerprint density at radius 2 is 2.56 bits per heavy atom. The minimum Gasteiger partial charge on any atom is -0.330 e. The van der Waals surface area contributed by atoms with Crippen LogP contribution in [0.2, 0.25) is 0 Å². The van der Waals surface area contributed by atoms with Gasteiger partial charge in [-0.2, -0.15) is 0 Å². The van der Waals surface area contributed by atoms with Gasteiger partial charge < -0.3 is 5.73 Å². The molecule has 0 spiro atoms. The van der Waals surface area contributed by atoms with Crippen molar-refractivity contribution in [1.29, 1.82) is 0 Å². The summed E-state index contributed by atoms with van der Waals surface area (Å²) in [4.78, 5) is 14.0. The van der Waals surface area contributed by atoms with Crippen LogP contribution in [0.25, 0.3) is 0 Å². The number of rotatable bonds is 1. The third-order valence-corrected chi connectivity index (χ3v) is 1.15. The fourth-order valence-corrected chi connectivity index (χ4v) is 0.607. The van der Waals surface area contributed by atoms with Gasteiger partial charge in [0.1, 0.15) is 0 Å². The van der Waals surface area contributed by atoms with Gasteiger partial charge in [-0.3, -0.25) is 4.79 Å². The van der Waals surface area contributed by atoms with Crippen LogP contribution in [0, 0.1) is 5.92 Å². The third-order valence-electron chi connectivity index (χ3n) is 1.15. The normalized spacial score (nSPS) is 25.0. The molecule has 0 aromatic rings. The summed E-state index contributed by atoms with van der Waals surface area (Å²) in [7, 11) is 0. The highest BCUT2D eigenvalue weighted by molar-refractivity contribution is 5.96. The number of nitrogens with two attached hydrogens (primary N) is 1. The maximum atomic E-state index is 10.4. The first-order valence-electron chi connectivity index (χ1n) is 2.79. The Morgan fingerprint density at radius 3 is 3.00 bits per heavy atom. The molecule has 0 saturated heterocycles. The Labute approximate surface area is 53.3 Å². The Hall–Kier alpha value is -0.960. The average molecular weight is 124 g/mol. The fourth-order valence-electron chi connectivity index (χ4n) is 0.607. The molecule has 0 radical (unpaired) electrons. The van der Waals surface area contributed by atoms with Gasteiger partial charge in [0, 0.05) is 24.8 Å². The number of dihydropyridines is 1. The molecule has 1 unspecified atom stereocenters. The zero-order valence-corrected chi connectivity index (χ0v) is 4.95. The second kappa shape index (κ2) is 2.55. The van der Waals surface area contributed by atoms with Gasteiger partial charge in [0.2, 0.25) is 0 Å². The SMILES string of the molecule is NCC1C=CC(=O)N=C1. The van der Waals surface area contributed by atoms with E-state index >= 15 is 0 Å². The van der Waals surface area contributed by atoms with E-state index in [1.54, 1.807) is 12.3 Å². The van der Waals surface area contributed by atoms with Gasteiger partial charge in [-0.25, -0.2) is 4.99 Å². The van der Waals surface area contributed by atoms with E-state index in [0.29, 0.717) is 6.54 Å². The maximum Gasteiger partial charge on any atom is 0.269 e.